The number of hydrogen-bond acceptors (Lipinski definition) is 1. The lowest BCUT2D eigenvalue weighted by molar-refractivity contribution is -0.890. The number of rotatable bonds is 21. The standard InChI is InChI=1S/C23H52NOSi.ClH/c1-4-5-6-7-8-9-10-11-12-13-14-15-16-17-18-19-21-24(2,3)22-20-23-26-25;/h25H,4-23,26H2,1-3H3;1H/q+1;/p-1. The van der Waals surface area contributed by atoms with Gasteiger partial charge in [0.25, 0.3) is 0 Å². The van der Waals surface area contributed by atoms with Gasteiger partial charge in [0.1, 0.15) is 0 Å². The van der Waals surface area contributed by atoms with Crippen molar-refractivity contribution in [2.24, 2.45) is 0 Å². The Balaban J connectivity index is 0. The molecule has 0 amide bonds. The van der Waals surface area contributed by atoms with E-state index >= 15 is 0 Å². The highest BCUT2D eigenvalue weighted by molar-refractivity contribution is 6.25. The van der Waals surface area contributed by atoms with E-state index in [4.69, 9.17) is 4.80 Å². The van der Waals surface area contributed by atoms with E-state index < -0.39 is 9.76 Å². The zero-order valence-corrected chi connectivity index (χ0v) is 21.3. The van der Waals surface area contributed by atoms with Crippen LogP contribution in [-0.2, 0) is 0 Å². The molecule has 0 atom stereocenters. The number of unbranched alkanes of at least 4 members (excludes halogenated alkanes) is 15. The summed E-state index contributed by atoms with van der Waals surface area (Å²) in [5, 5.41) is 0. The van der Waals surface area contributed by atoms with Gasteiger partial charge < -0.3 is 21.7 Å². The first-order valence-electron chi connectivity index (χ1n) is 12.1. The molecule has 2 nitrogen and oxygen atoms in total. The summed E-state index contributed by atoms with van der Waals surface area (Å²) in [5.41, 5.74) is 0. The first kappa shape index (κ1) is 29.6. The average Bonchev–Trinajstić information content (AvgIpc) is 2.61. The van der Waals surface area contributed by atoms with Gasteiger partial charge in [-0.25, -0.2) is 0 Å². The Morgan fingerprint density at radius 1 is 0.556 bits per heavy atom. The number of quaternary nitrogens is 1. The first-order valence-corrected chi connectivity index (χ1v) is 13.7. The summed E-state index contributed by atoms with van der Waals surface area (Å²) in [5.74, 6) is 0. The van der Waals surface area contributed by atoms with Crippen molar-refractivity contribution in [3.05, 3.63) is 0 Å². The largest absolute Gasteiger partial charge is 1.00 e. The second-order valence-corrected chi connectivity index (χ2v) is 10.3. The van der Waals surface area contributed by atoms with Crippen LogP contribution in [0.5, 0.6) is 0 Å². The molecule has 0 rings (SSSR count). The second-order valence-electron chi connectivity index (χ2n) is 9.12. The number of halogens is 1. The van der Waals surface area contributed by atoms with Crippen LogP contribution in [0, 0.1) is 0 Å². The molecule has 0 bridgehead atoms. The SMILES string of the molecule is CCCCCCCCCCCCCCCCCC[N+](C)(C)CCC[SiH2]O.[Cl-]. The molecule has 0 saturated carbocycles. The van der Waals surface area contributed by atoms with Crippen molar-refractivity contribution in [1.29, 1.82) is 0 Å². The summed E-state index contributed by atoms with van der Waals surface area (Å²) < 4.78 is 1.15. The Morgan fingerprint density at radius 2 is 0.889 bits per heavy atom. The lowest BCUT2D eigenvalue weighted by Crippen LogP contribution is -3.00. The minimum absolute atomic E-state index is 0. The summed E-state index contributed by atoms with van der Waals surface area (Å²) in [6.45, 7) is 4.85. The van der Waals surface area contributed by atoms with E-state index in [2.05, 4.69) is 21.0 Å². The van der Waals surface area contributed by atoms with E-state index in [1.54, 1.807) is 0 Å². The van der Waals surface area contributed by atoms with Crippen LogP contribution < -0.4 is 12.4 Å². The van der Waals surface area contributed by atoms with Crippen LogP contribution in [-0.4, -0.2) is 46.2 Å². The van der Waals surface area contributed by atoms with E-state index in [0.717, 1.165) is 10.5 Å². The quantitative estimate of drug-likeness (QED) is 0.171. The van der Waals surface area contributed by atoms with Gasteiger partial charge in [0, 0.05) is 0 Å². The Hall–Kier alpha value is 0.427. The van der Waals surface area contributed by atoms with E-state index in [9.17, 15) is 0 Å². The molecular formula is C23H52ClNOSi. The normalized spacial score (nSPS) is 12.0. The molecule has 0 heterocycles. The lowest BCUT2D eigenvalue weighted by Gasteiger charge is -2.29. The van der Waals surface area contributed by atoms with Crippen molar-refractivity contribution >= 4 is 9.76 Å². The summed E-state index contributed by atoms with van der Waals surface area (Å²) in [4.78, 5) is 9.02. The molecule has 0 radical (unpaired) electrons. The molecule has 0 aliphatic heterocycles. The summed E-state index contributed by atoms with van der Waals surface area (Å²) in [6, 6.07) is 1.10. The molecule has 0 aromatic heterocycles. The van der Waals surface area contributed by atoms with Crippen LogP contribution in [0.25, 0.3) is 0 Å². The van der Waals surface area contributed by atoms with E-state index in [1.165, 1.54) is 122 Å². The maximum absolute atomic E-state index is 9.02. The van der Waals surface area contributed by atoms with Gasteiger partial charge in [-0.2, -0.15) is 0 Å². The zero-order chi connectivity index (χ0) is 19.3. The Labute approximate surface area is 180 Å². The van der Waals surface area contributed by atoms with Gasteiger partial charge in [0.05, 0.1) is 27.2 Å². The van der Waals surface area contributed by atoms with Gasteiger partial charge in [-0.1, -0.05) is 96.8 Å². The minimum Gasteiger partial charge on any atom is -1.00 e. The van der Waals surface area contributed by atoms with E-state index in [1.807, 2.05) is 0 Å². The molecule has 0 fully saturated rings. The van der Waals surface area contributed by atoms with Crippen LogP contribution in [0.1, 0.15) is 116 Å². The van der Waals surface area contributed by atoms with Crippen LogP contribution in [0.2, 0.25) is 6.04 Å². The molecule has 1 N–H and O–H groups in total. The van der Waals surface area contributed by atoms with Crippen molar-refractivity contribution in [2.45, 2.75) is 122 Å². The van der Waals surface area contributed by atoms with Gasteiger partial charge in [-0.05, 0) is 25.3 Å². The predicted octanol–water partition coefficient (Wildman–Crippen LogP) is 3.21. The fraction of sp³-hybridized carbons (Fsp3) is 1.00. The monoisotopic (exact) mass is 421 g/mol. The van der Waals surface area contributed by atoms with Gasteiger partial charge >= 0.3 is 0 Å². The predicted molar refractivity (Wildman–Crippen MR) is 122 cm³/mol. The molecule has 0 saturated heterocycles. The molecule has 166 valence electrons. The van der Waals surface area contributed by atoms with Crippen LogP contribution in [0.3, 0.4) is 0 Å². The summed E-state index contributed by atoms with van der Waals surface area (Å²) in [7, 11) is 3.99. The molecule has 0 aliphatic rings. The van der Waals surface area contributed by atoms with Gasteiger partial charge in [-0.15, -0.1) is 0 Å². The van der Waals surface area contributed by atoms with Crippen LogP contribution in [0.15, 0.2) is 0 Å². The van der Waals surface area contributed by atoms with Gasteiger partial charge in [0.15, 0.2) is 9.76 Å². The second kappa shape index (κ2) is 22.7. The first-order chi connectivity index (χ1) is 12.6. The van der Waals surface area contributed by atoms with Crippen molar-refractivity contribution in [2.75, 3.05) is 27.2 Å². The number of nitrogens with zero attached hydrogens (tertiary/aromatic N) is 1. The Bertz CT molecular complexity index is 277. The fourth-order valence-electron chi connectivity index (χ4n) is 3.85. The maximum atomic E-state index is 9.02. The molecule has 0 unspecified atom stereocenters. The highest BCUT2D eigenvalue weighted by Gasteiger charge is 2.13. The molecule has 4 heteroatoms. The zero-order valence-electron chi connectivity index (χ0n) is 19.1. The fourth-order valence-corrected chi connectivity index (χ4v) is 4.30. The van der Waals surface area contributed by atoms with E-state index in [-0.39, 0.29) is 12.4 Å². The average molecular weight is 422 g/mol. The highest BCUT2D eigenvalue weighted by atomic mass is 35.5. The van der Waals surface area contributed by atoms with Crippen molar-refractivity contribution in [1.82, 2.24) is 0 Å². The van der Waals surface area contributed by atoms with Crippen LogP contribution in [0.4, 0.5) is 0 Å². The topological polar surface area (TPSA) is 20.2 Å². The molecular weight excluding hydrogens is 370 g/mol. The van der Waals surface area contributed by atoms with E-state index in [0.29, 0.717) is 0 Å². The summed E-state index contributed by atoms with van der Waals surface area (Å²) in [6.07, 6.45) is 24.3. The van der Waals surface area contributed by atoms with Crippen molar-refractivity contribution in [3.63, 3.8) is 0 Å². The smallest absolute Gasteiger partial charge is 0.156 e. The Kier molecular flexibility index (Phi) is 24.9. The third kappa shape index (κ3) is 24.4. The molecule has 0 spiro atoms. The van der Waals surface area contributed by atoms with Crippen molar-refractivity contribution < 1.29 is 21.7 Å². The maximum Gasteiger partial charge on any atom is 0.156 e. The van der Waals surface area contributed by atoms with Gasteiger partial charge in [0.2, 0.25) is 0 Å². The molecule has 0 aliphatic carbocycles. The van der Waals surface area contributed by atoms with Crippen molar-refractivity contribution in [3.8, 4) is 0 Å². The lowest BCUT2D eigenvalue weighted by atomic mass is 10.0. The molecule has 27 heavy (non-hydrogen) atoms. The number of hydrogen-bond donors (Lipinski definition) is 1. The van der Waals surface area contributed by atoms with Crippen LogP contribution >= 0.6 is 0 Å². The Morgan fingerprint density at radius 3 is 1.26 bits per heavy atom. The molecule has 0 aromatic carbocycles. The third-order valence-corrected chi connectivity index (χ3v) is 6.60. The van der Waals surface area contributed by atoms with Gasteiger partial charge in [-0.3, -0.25) is 0 Å². The summed E-state index contributed by atoms with van der Waals surface area (Å²) >= 11 is 0. The third-order valence-electron chi connectivity index (χ3n) is 5.79. The highest BCUT2D eigenvalue weighted by Crippen LogP contribution is 2.14. The molecule has 0 aromatic rings. The minimum atomic E-state index is -0.714.